The first-order chi connectivity index (χ1) is 14.6. The van der Waals surface area contributed by atoms with Gasteiger partial charge in [-0.2, -0.15) is 0 Å². The maximum absolute atomic E-state index is 13.6. The van der Waals surface area contributed by atoms with Gasteiger partial charge in [-0.1, -0.05) is 32.9 Å². The molecule has 0 unspecified atom stereocenters. The molecule has 30 heavy (non-hydrogen) atoms. The first-order valence-electron chi connectivity index (χ1n) is 10.8. The van der Waals surface area contributed by atoms with E-state index in [0.29, 0.717) is 18.7 Å². The Morgan fingerprint density at radius 2 is 1.97 bits per heavy atom. The minimum atomic E-state index is -0.399. The van der Waals surface area contributed by atoms with Crippen molar-refractivity contribution in [3.05, 3.63) is 65.2 Å². The Bertz CT molecular complexity index is 998. The molecule has 0 saturated heterocycles. The van der Waals surface area contributed by atoms with E-state index < -0.39 is 5.82 Å². The van der Waals surface area contributed by atoms with Crippen molar-refractivity contribution in [3.63, 3.8) is 0 Å². The van der Waals surface area contributed by atoms with Crippen molar-refractivity contribution >= 4 is 16.9 Å². The van der Waals surface area contributed by atoms with Gasteiger partial charge in [-0.15, -0.1) is 0 Å². The average molecular weight is 411 g/mol. The zero-order valence-electron chi connectivity index (χ0n) is 18.1. The number of nitrogens with zero attached hydrogens (tertiary/aromatic N) is 3. The number of halogens is 1. The highest BCUT2D eigenvalue weighted by Crippen LogP contribution is 2.21. The Balaban J connectivity index is 1.93. The lowest BCUT2D eigenvalue weighted by Crippen LogP contribution is -2.32. The predicted molar refractivity (Wildman–Crippen MR) is 119 cm³/mol. The lowest BCUT2D eigenvalue weighted by molar-refractivity contribution is 0.0736. The van der Waals surface area contributed by atoms with Gasteiger partial charge in [0.25, 0.3) is 5.91 Å². The summed E-state index contributed by atoms with van der Waals surface area (Å²) in [5, 5.41) is 3.34. The molecule has 6 heteroatoms. The smallest absolute Gasteiger partial charge is 0.254 e. The van der Waals surface area contributed by atoms with Crippen LogP contribution in [0.4, 0.5) is 4.39 Å². The summed E-state index contributed by atoms with van der Waals surface area (Å²) in [4.78, 5) is 19.7. The number of hydrogen-bond acceptors (Lipinski definition) is 3. The van der Waals surface area contributed by atoms with Crippen LogP contribution >= 0.6 is 0 Å². The third-order valence-electron chi connectivity index (χ3n) is 5.10. The minimum Gasteiger partial charge on any atom is -0.331 e. The number of amides is 1. The molecule has 1 N–H and O–H groups in total. The second-order valence-electron chi connectivity index (χ2n) is 7.52. The molecule has 0 aliphatic rings. The number of imidazole rings is 1. The summed E-state index contributed by atoms with van der Waals surface area (Å²) < 4.78 is 15.8. The van der Waals surface area contributed by atoms with E-state index >= 15 is 0 Å². The van der Waals surface area contributed by atoms with Gasteiger partial charge >= 0.3 is 0 Å². The quantitative estimate of drug-likeness (QED) is 0.525. The van der Waals surface area contributed by atoms with Crippen LogP contribution in [0.2, 0.25) is 0 Å². The highest BCUT2D eigenvalue weighted by atomic mass is 19.1. The summed E-state index contributed by atoms with van der Waals surface area (Å²) in [6, 6.07) is 12.3. The molecular formula is C24H31FN4O. The summed E-state index contributed by atoms with van der Waals surface area (Å²) in [5.74, 6) is 0.300. The molecule has 2 aromatic carbocycles. The highest BCUT2D eigenvalue weighted by molar-refractivity contribution is 5.94. The standard InChI is InChI=1S/C24H31FN4O/c1-4-12-28(24(30)19-8-7-9-20(25)15-19)17-23-27-21-14-18(16-26-6-3)10-11-22(21)29(23)13-5-2/h7-11,14-15,26H,4-6,12-13,16-17H2,1-3H3. The molecule has 0 fully saturated rings. The van der Waals surface area contributed by atoms with Gasteiger partial charge in [0.15, 0.2) is 0 Å². The van der Waals surface area contributed by atoms with E-state index in [1.165, 1.54) is 17.7 Å². The van der Waals surface area contributed by atoms with Gasteiger partial charge in [-0.05, 0) is 55.3 Å². The topological polar surface area (TPSA) is 50.2 Å². The van der Waals surface area contributed by atoms with Crippen LogP contribution in [0.25, 0.3) is 11.0 Å². The first-order valence-corrected chi connectivity index (χ1v) is 10.8. The lowest BCUT2D eigenvalue weighted by Gasteiger charge is -2.22. The van der Waals surface area contributed by atoms with Gasteiger partial charge in [-0.3, -0.25) is 4.79 Å². The third-order valence-corrected chi connectivity index (χ3v) is 5.10. The number of rotatable bonds is 10. The molecule has 1 aromatic heterocycles. The van der Waals surface area contributed by atoms with Crippen LogP contribution in [0.5, 0.6) is 0 Å². The van der Waals surface area contributed by atoms with Crippen molar-refractivity contribution in [3.8, 4) is 0 Å². The molecule has 0 saturated carbocycles. The largest absolute Gasteiger partial charge is 0.331 e. The van der Waals surface area contributed by atoms with Crippen molar-refractivity contribution in [1.82, 2.24) is 19.8 Å². The molecule has 3 aromatic rings. The monoisotopic (exact) mass is 410 g/mol. The number of carbonyl (C=O) groups is 1. The van der Waals surface area contributed by atoms with E-state index in [4.69, 9.17) is 4.98 Å². The third kappa shape index (κ3) is 5.05. The van der Waals surface area contributed by atoms with Crippen LogP contribution in [0, 0.1) is 5.82 Å². The molecule has 160 valence electrons. The van der Waals surface area contributed by atoms with E-state index in [2.05, 4.69) is 41.9 Å². The first kappa shape index (κ1) is 22.0. The molecule has 5 nitrogen and oxygen atoms in total. The van der Waals surface area contributed by atoms with E-state index in [1.54, 1.807) is 17.0 Å². The Kier molecular flexibility index (Phi) is 7.57. The second kappa shape index (κ2) is 10.3. The van der Waals surface area contributed by atoms with Crippen molar-refractivity contribution in [1.29, 1.82) is 0 Å². The maximum Gasteiger partial charge on any atom is 0.254 e. The summed E-state index contributed by atoms with van der Waals surface area (Å²) >= 11 is 0. The molecule has 0 atom stereocenters. The number of benzene rings is 2. The van der Waals surface area contributed by atoms with E-state index in [-0.39, 0.29) is 5.91 Å². The van der Waals surface area contributed by atoms with Crippen molar-refractivity contribution in [2.45, 2.75) is 53.2 Å². The number of aryl methyl sites for hydroxylation is 1. The molecule has 0 spiro atoms. The number of aromatic nitrogens is 2. The summed E-state index contributed by atoms with van der Waals surface area (Å²) in [5.41, 5.74) is 3.60. The molecule has 1 amide bonds. The van der Waals surface area contributed by atoms with Crippen LogP contribution in [0.3, 0.4) is 0 Å². The fraction of sp³-hybridized carbons (Fsp3) is 0.417. The highest BCUT2D eigenvalue weighted by Gasteiger charge is 2.20. The van der Waals surface area contributed by atoms with E-state index in [0.717, 1.165) is 49.3 Å². The zero-order valence-corrected chi connectivity index (χ0v) is 18.1. The van der Waals surface area contributed by atoms with Crippen molar-refractivity contribution < 1.29 is 9.18 Å². The molecule has 0 aliphatic carbocycles. The molecular weight excluding hydrogens is 379 g/mol. The van der Waals surface area contributed by atoms with Crippen molar-refractivity contribution in [2.24, 2.45) is 0 Å². The molecule has 1 heterocycles. The van der Waals surface area contributed by atoms with Gasteiger partial charge < -0.3 is 14.8 Å². The number of carbonyl (C=O) groups excluding carboxylic acids is 1. The van der Waals surface area contributed by atoms with Crippen LogP contribution in [-0.2, 0) is 19.6 Å². The predicted octanol–water partition coefficient (Wildman–Crippen LogP) is 4.75. The lowest BCUT2D eigenvalue weighted by atomic mass is 10.2. The Morgan fingerprint density at radius 3 is 2.67 bits per heavy atom. The minimum absolute atomic E-state index is 0.167. The Labute approximate surface area is 177 Å². The SMILES string of the molecule is CCCN(Cc1nc2cc(CNCC)ccc2n1CCC)C(=O)c1cccc(F)c1. The summed E-state index contributed by atoms with van der Waals surface area (Å²) in [6.45, 7) is 9.82. The summed E-state index contributed by atoms with van der Waals surface area (Å²) in [7, 11) is 0. The van der Waals surface area contributed by atoms with E-state index in [1.807, 2.05) is 6.92 Å². The van der Waals surface area contributed by atoms with Crippen LogP contribution in [0.1, 0.15) is 55.4 Å². The van der Waals surface area contributed by atoms with Crippen LogP contribution in [-0.4, -0.2) is 33.4 Å². The summed E-state index contributed by atoms with van der Waals surface area (Å²) in [6.07, 6.45) is 1.80. The van der Waals surface area contributed by atoms with Gasteiger partial charge in [-0.25, -0.2) is 9.37 Å². The fourth-order valence-corrected chi connectivity index (χ4v) is 3.70. The average Bonchev–Trinajstić information content (AvgIpc) is 3.08. The van der Waals surface area contributed by atoms with Gasteiger partial charge in [0.2, 0.25) is 0 Å². The fourth-order valence-electron chi connectivity index (χ4n) is 3.70. The molecule has 0 bridgehead atoms. The molecule has 0 aliphatic heterocycles. The Hall–Kier alpha value is -2.73. The Morgan fingerprint density at radius 1 is 1.13 bits per heavy atom. The second-order valence-corrected chi connectivity index (χ2v) is 7.52. The van der Waals surface area contributed by atoms with Crippen LogP contribution in [0.15, 0.2) is 42.5 Å². The number of fused-ring (bicyclic) bond motifs is 1. The maximum atomic E-state index is 13.6. The van der Waals surface area contributed by atoms with Gasteiger partial charge in [0.05, 0.1) is 17.6 Å². The number of nitrogens with one attached hydrogen (secondary N) is 1. The van der Waals surface area contributed by atoms with Crippen LogP contribution < -0.4 is 5.32 Å². The normalized spacial score (nSPS) is 11.2. The zero-order chi connectivity index (χ0) is 21.5. The molecule has 3 rings (SSSR count). The van der Waals surface area contributed by atoms with Crippen molar-refractivity contribution in [2.75, 3.05) is 13.1 Å². The van der Waals surface area contributed by atoms with E-state index in [9.17, 15) is 9.18 Å². The number of hydrogen-bond donors (Lipinski definition) is 1. The van der Waals surface area contributed by atoms with Gasteiger partial charge in [0, 0.05) is 25.2 Å². The molecule has 0 radical (unpaired) electrons. The van der Waals surface area contributed by atoms with Gasteiger partial charge in [0.1, 0.15) is 11.6 Å².